The standard InChI is InChI=1S/C9H8ClFO4S/c10-16(12,13)5-6-3-8-9(4-7(6)11)15-2-1-14-8/h3-4H,1-2,5H2. The fourth-order valence-corrected chi connectivity index (χ4v) is 2.35. The Labute approximate surface area is 96.3 Å². The first-order valence-electron chi connectivity index (χ1n) is 4.46. The fourth-order valence-electron chi connectivity index (χ4n) is 1.40. The summed E-state index contributed by atoms with van der Waals surface area (Å²) in [5.41, 5.74) is -0.0285. The van der Waals surface area contributed by atoms with Crippen LogP contribution in [0.2, 0.25) is 0 Å². The van der Waals surface area contributed by atoms with Crippen molar-refractivity contribution in [3.05, 3.63) is 23.5 Å². The van der Waals surface area contributed by atoms with Crippen molar-refractivity contribution in [2.24, 2.45) is 0 Å². The van der Waals surface area contributed by atoms with Crippen molar-refractivity contribution in [3.8, 4) is 11.5 Å². The smallest absolute Gasteiger partial charge is 0.236 e. The lowest BCUT2D eigenvalue weighted by atomic mass is 10.2. The second-order valence-electron chi connectivity index (χ2n) is 3.27. The van der Waals surface area contributed by atoms with Crippen LogP contribution >= 0.6 is 10.7 Å². The molecule has 1 heterocycles. The van der Waals surface area contributed by atoms with Crippen LogP contribution in [0.1, 0.15) is 5.56 Å². The Hall–Kier alpha value is -1.01. The van der Waals surface area contributed by atoms with Gasteiger partial charge in [-0.25, -0.2) is 12.8 Å². The van der Waals surface area contributed by atoms with Gasteiger partial charge < -0.3 is 9.47 Å². The maximum Gasteiger partial charge on any atom is 0.236 e. The molecule has 0 radical (unpaired) electrons. The Morgan fingerprint density at radius 1 is 1.25 bits per heavy atom. The maximum absolute atomic E-state index is 13.4. The van der Waals surface area contributed by atoms with Gasteiger partial charge in [0.15, 0.2) is 11.5 Å². The molecule has 0 aromatic heterocycles. The van der Waals surface area contributed by atoms with E-state index >= 15 is 0 Å². The lowest BCUT2D eigenvalue weighted by Gasteiger charge is -2.19. The summed E-state index contributed by atoms with van der Waals surface area (Å²) in [6, 6.07) is 2.40. The van der Waals surface area contributed by atoms with Gasteiger partial charge in [-0.3, -0.25) is 0 Å². The molecule has 1 aliphatic heterocycles. The van der Waals surface area contributed by atoms with Crippen LogP contribution in [-0.2, 0) is 14.8 Å². The van der Waals surface area contributed by atoms with Crippen LogP contribution in [0.3, 0.4) is 0 Å². The molecule has 0 bridgehead atoms. The van der Waals surface area contributed by atoms with E-state index in [4.69, 9.17) is 20.2 Å². The van der Waals surface area contributed by atoms with Crippen molar-refractivity contribution >= 4 is 19.7 Å². The molecule has 1 aliphatic rings. The Morgan fingerprint density at radius 2 is 1.81 bits per heavy atom. The Kier molecular flexibility index (Phi) is 2.94. The largest absolute Gasteiger partial charge is 0.486 e. The lowest BCUT2D eigenvalue weighted by Crippen LogP contribution is -2.16. The van der Waals surface area contributed by atoms with E-state index in [1.54, 1.807) is 0 Å². The molecular formula is C9H8ClFO4S. The van der Waals surface area contributed by atoms with E-state index in [9.17, 15) is 12.8 Å². The van der Waals surface area contributed by atoms with Crippen LogP contribution in [0.5, 0.6) is 11.5 Å². The number of hydrogen-bond acceptors (Lipinski definition) is 4. The minimum Gasteiger partial charge on any atom is -0.486 e. The summed E-state index contributed by atoms with van der Waals surface area (Å²) in [7, 11) is 1.27. The predicted octanol–water partition coefficient (Wildman–Crippen LogP) is 1.67. The summed E-state index contributed by atoms with van der Waals surface area (Å²) in [6.45, 7) is 0.700. The zero-order valence-corrected chi connectivity index (χ0v) is 9.65. The number of benzene rings is 1. The summed E-state index contributed by atoms with van der Waals surface area (Å²) in [6.07, 6.45) is 0. The van der Waals surface area contributed by atoms with Gasteiger partial charge in [0.1, 0.15) is 19.0 Å². The molecule has 0 fully saturated rings. The molecule has 4 nitrogen and oxygen atoms in total. The number of rotatable bonds is 2. The third kappa shape index (κ3) is 2.56. The Bertz CT molecular complexity index is 514. The number of ether oxygens (including phenoxy) is 2. The van der Waals surface area contributed by atoms with E-state index in [1.807, 2.05) is 0 Å². The third-order valence-electron chi connectivity index (χ3n) is 2.04. The van der Waals surface area contributed by atoms with Gasteiger partial charge in [-0.05, 0) is 6.07 Å². The lowest BCUT2D eigenvalue weighted by molar-refractivity contribution is 0.170. The van der Waals surface area contributed by atoms with Gasteiger partial charge in [0.05, 0.1) is 5.75 Å². The van der Waals surface area contributed by atoms with Gasteiger partial charge in [0, 0.05) is 22.3 Å². The highest BCUT2D eigenvalue weighted by Gasteiger charge is 2.18. The fraction of sp³-hybridized carbons (Fsp3) is 0.333. The minimum atomic E-state index is -3.79. The first kappa shape index (κ1) is 11.5. The van der Waals surface area contributed by atoms with Crippen LogP contribution < -0.4 is 9.47 Å². The van der Waals surface area contributed by atoms with E-state index in [1.165, 1.54) is 6.07 Å². The first-order chi connectivity index (χ1) is 7.46. The van der Waals surface area contributed by atoms with Gasteiger partial charge in [0.25, 0.3) is 0 Å². The van der Waals surface area contributed by atoms with E-state index in [0.29, 0.717) is 19.0 Å². The van der Waals surface area contributed by atoms with Crippen molar-refractivity contribution in [2.75, 3.05) is 13.2 Å². The summed E-state index contributed by atoms with van der Waals surface area (Å²) < 4.78 is 45.5. The molecule has 0 unspecified atom stereocenters. The predicted molar refractivity (Wildman–Crippen MR) is 55.9 cm³/mol. The van der Waals surface area contributed by atoms with Crippen LogP contribution in [0.15, 0.2) is 12.1 Å². The molecule has 0 spiro atoms. The van der Waals surface area contributed by atoms with Crippen molar-refractivity contribution in [2.45, 2.75) is 5.75 Å². The van der Waals surface area contributed by atoms with E-state index < -0.39 is 20.6 Å². The van der Waals surface area contributed by atoms with Crippen molar-refractivity contribution in [1.29, 1.82) is 0 Å². The van der Waals surface area contributed by atoms with Gasteiger partial charge in [0.2, 0.25) is 9.05 Å². The summed E-state index contributed by atoms with van der Waals surface area (Å²) in [5, 5.41) is 0. The molecule has 0 saturated carbocycles. The van der Waals surface area contributed by atoms with Gasteiger partial charge >= 0.3 is 0 Å². The number of fused-ring (bicyclic) bond motifs is 1. The molecule has 0 atom stereocenters. The van der Waals surface area contributed by atoms with Crippen LogP contribution in [-0.4, -0.2) is 21.6 Å². The first-order valence-corrected chi connectivity index (χ1v) is 6.94. The second kappa shape index (κ2) is 4.10. The normalized spacial score (nSPS) is 14.9. The molecule has 0 aliphatic carbocycles. The quantitative estimate of drug-likeness (QED) is 0.764. The monoisotopic (exact) mass is 266 g/mol. The van der Waals surface area contributed by atoms with E-state index in [0.717, 1.165) is 6.07 Å². The second-order valence-corrected chi connectivity index (χ2v) is 6.05. The number of halogens is 2. The molecule has 0 N–H and O–H groups in total. The van der Waals surface area contributed by atoms with Gasteiger partial charge in [-0.1, -0.05) is 0 Å². The highest BCUT2D eigenvalue weighted by Crippen LogP contribution is 2.33. The molecule has 2 rings (SSSR count). The molecule has 1 aromatic carbocycles. The third-order valence-corrected chi connectivity index (χ3v) is 3.02. The van der Waals surface area contributed by atoms with Crippen LogP contribution in [0, 0.1) is 5.82 Å². The molecule has 16 heavy (non-hydrogen) atoms. The van der Waals surface area contributed by atoms with Crippen molar-refractivity contribution < 1.29 is 22.3 Å². The van der Waals surface area contributed by atoms with Gasteiger partial charge in [-0.15, -0.1) is 0 Å². The zero-order chi connectivity index (χ0) is 11.8. The molecule has 7 heteroatoms. The molecule has 0 amide bonds. The van der Waals surface area contributed by atoms with Crippen molar-refractivity contribution in [1.82, 2.24) is 0 Å². The Morgan fingerprint density at radius 3 is 2.38 bits per heavy atom. The molecule has 0 saturated heterocycles. The zero-order valence-electron chi connectivity index (χ0n) is 8.07. The minimum absolute atomic E-state index is 0.0285. The summed E-state index contributed by atoms with van der Waals surface area (Å²) >= 11 is 0. The average molecular weight is 267 g/mol. The molecule has 88 valence electrons. The van der Waals surface area contributed by atoms with Crippen LogP contribution in [0.25, 0.3) is 0 Å². The van der Waals surface area contributed by atoms with Crippen LogP contribution in [0.4, 0.5) is 4.39 Å². The highest BCUT2D eigenvalue weighted by molar-refractivity contribution is 8.13. The summed E-state index contributed by atoms with van der Waals surface area (Å²) in [4.78, 5) is 0. The van der Waals surface area contributed by atoms with Crippen molar-refractivity contribution in [3.63, 3.8) is 0 Å². The molecular weight excluding hydrogens is 259 g/mol. The van der Waals surface area contributed by atoms with Gasteiger partial charge in [-0.2, -0.15) is 0 Å². The van der Waals surface area contributed by atoms with E-state index in [2.05, 4.69) is 0 Å². The number of hydrogen-bond donors (Lipinski definition) is 0. The maximum atomic E-state index is 13.4. The SMILES string of the molecule is O=S(=O)(Cl)Cc1cc2c(cc1F)OCCO2. The topological polar surface area (TPSA) is 52.6 Å². The highest BCUT2D eigenvalue weighted by atomic mass is 35.7. The Balaban J connectivity index is 2.40. The summed E-state index contributed by atoms with van der Waals surface area (Å²) in [5.74, 6) is -0.632. The average Bonchev–Trinajstić information content (AvgIpc) is 2.17. The van der Waals surface area contributed by atoms with E-state index in [-0.39, 0.29) is 11.3 Å². The molecule has 1 aromatic rings.